The molecule has 0 bridgehead atoms. The fraction of sp³-hybridized carbons (Fsp3) is 0.190. The maximum Gasteiger partial charge on any atom is 0.338 e. The molecule has 0 saturated carbocycles. The molecular formula is C21H17ClN2O5S. The maximum absolute atomic E-state index is 12.7. The molecule has 2 heterocycles. The number of fused-ring (bicyclic) bond motifs is 1. The maximum atomic E-state index is 12.7. The Kier molecular flexibility index (Phi) is 5.69. The summed E-state index contributed by atoms with van der Waals surface area (Å²) >= 11 is 7.56. The first-order chi connectivity index (χ1) is 14.5. The second-order valence-corrected chi connectivity index (χ2v) is 7.78. The van der Waals surface area contributed by atoms with Crippen molar-refractivity contribution in [3.8, 4) is 11.5 Å². The van der Waals surface area contributed by atoms with Crippen molar-refractivity contribution >= 4 is 52.2 Å². The van der Waals surface area contributed by atoms with Crippen LogP contribution in [0.25, 0.3) is 6.08 Å². The molecule has 0 aromatic heterocycles. The van der Waals surface area contributed by atoms with Gasteiger partial charge in [-0.15, -0.1) is 0 Å². The lowest BCUT2D eigenvalue weighted by Crippen LogP contribution is -2.23. The van der Waals surface area contributed by atoms with Crippen LogP contribution in [-0.4, -0.2) is 42.4 Å². The number of hydrogen-bond acceptors (Lipinski definition) is 7. The Hall–Kier alpha value is -2.97. The molecule has 0 unspecified atom stereocenters. The highest BCUT2D eigenvalue weighted by Crippen LogP contribution is 2.40. The number of hydrogen-bond donors (Lipinski definition) is 0. The Balaban J connectivity index is 1.57. The SMILES string of the molecule is CCOC(=O)c1ccc(N=C2SC(=Cc3cc4c(cc3Cl)OCO4)C(=O)N2C)cc1. The van der Waals surface area contributed by atoms with Crippen LogP contribution in [0.5, 0.6) is 11.5 Å². The fourth-order valence-electron chi connectivity index (χ4n) is 2.83. The van der Waals surface area contributed by atoms with Crippen molar-refractivity contribution in [2.45, 2.75) is 6.92 Å². The van der Waals surface area contributed by atoms with Crippen LogP contribution in [0.4, 0.5) is 5.69 Å². The number of thioether (sulfide) groups is 1. The van der Waals surface area contributed by atoms with Crippen LogP contribution in [0.2, 0.25) is 5.02 Å². The molecule has 9 heteroatoms. The first-order valence-corrected chi connectivity index (χ1v) is 10.3. The van der Waals surface area contributed by atoms with Gasteiger partial charge < -0.3 is 14.2 Å². The number of likely N-dealkylation sites (N-methyl/N-ethyl adjacent to an activating group) is 1. The molecule has 0 atom stereocenters. The number of ether oxygens (including phenoxy) is 3. The molecule has 0 N–H and O–H groups in total. The van der Waals surface area contributed by atoms with E-state index in [-0.39, 0.29) is 18.7 Å². The van der Waals surface area contributed by atoms with Gasteiger partial charge >= 0.3 is 5.97 Å². The van der Waals surface area contributed by atoms with Gasteiger partial charge in [0.25, 0.3) is 5.91 Å². The van der Waals surface area contributed by atoms with Crippen molar-refractivity contribution in [2.24, 2.45) is 4.99 Å². The van der Waals surface area contributed by atoms with Crippen molar-refractivity contribution in [2.75, 3.05) is 20.4 Å². The normalized spacial score (nSPS) is 17.8. The third kappa shape index (κ3) is 4.01. The highest BCUT2D eigenvalue weighted by atomic mass is 35.5. The summed E-state index contributed by atoms with van der Waals surface area (Å²) in [6.45, 7) is 2.22. The van der Waals surface area contributed by atoms with Gasteiger partial charge in [0, 0.05) is 13.1 Å². The van der Waals surface area contributed by atoms with Gasteiger partial charge in [-0.2, -0.15) is 0 Å². The number of carbonyl (C=O) groups is 2. The molecule has 30 heavy (non-hydrogen) atoms. The molecule has 1 amide bonds. The second-order valence-electron chi connectivity index (χ2n) is 6.36. The van der Waals surface area contributed by atoms with Crippen LogP contribution < -0.4 is 9.47 Å². The highest BCUT2D eigenvalue weighted by Gasteiger charge is 2.31. The number of amides is 1. The number of aliphatic imine (C=N–C) groups is 1. The summed E-state index contributed by atoms with van der Waals surface area (Å²) < 4.78 is 15.7. The largest absolute Gasteiger partial charge is 0.462 e. The van der Waals surface area contributed by atoms with Gasteiger partial charge in [0.1, 0.15) is 0 Å². The van der Waals surface area contributed by atoms with Gasteiger partial charge in [0.2, 0.25) is 6.79 Å². The van der Waals surface area contributed by atoms with Crippen molar-refractivity contribution in [1.29, 1.82) is 0 Å². The van der Waals surface area contributed by atoms with E-state index in [1.165, 1.54) is 16.7 Å². The van der Waals surface area contributed by atoms with Crippen molar-refractivity contribution < 1.29 is 23.8 Å². The molecular weight excluding hydrogens is 428 g/mol. The van der Waals surface area contributed by atoms with Crippen LogP contribution in [0.3, 0.4) is 0 Å². The predicted molar refractivity (Wildman–Crippen MR) is 115 cm³/mol. The number of rotatable bonds is 4. The average Bonchev–Trinajstić information content (AvgIpc) is 3.28. The summed E-state index contributed by atoms with van der Waals surface area (Å²) in [4.78, 5) is 30.9. The summed E-state index contributed by atoms with van der Waals surface area (Å²) in [7, 11) is 1.66. The highest BCUT2D eigenvalue weighted by molar-refractivity contribution is 8.18. The van der Waals surface area contributed by atoms with Gasteiger partial charge in [0.05, 0.1) is 27.8 Å². The average molecular weight is 445 g/mol. The Morgan fingerprint density at radius 1 is 1.27 bits per heavy atom. The zero-order valence-electron chi connectivity index (χ0n) is 16.2. The predicted octanol–water partition coefficient (Wildman–Crippen LogP) is 4.48. The molecule has 2 aliphatic heterocycles. The lowest BCUT2D eigenvalue weighted by atomic mass is 10.2. The van der Waals surface area contributed by atoms with Crippen LogP contribution in [0.15, 0.2) is 46.3 Å². The summed E-state index contributed by atoms with van der Waals surface area (Å²) in [5, 5.41) is 0.981. The molecule has 1 saturated heterocycles. The Bertz CT molecular complexity index is 1080. The Morgan fingerprint density at radius 3 is 2.67 bits per heavy atom. The number of amidine groups is 1. The van der Waals surface area contributed by atoms with E-state index in [0.29, 0.717) is 50.0 Å². The summed E-state index contributed by atoms with van der Waals surface area (Å²) in [5.74, 6) is 0.601. The smallest absolute Gasteiger partial charge is 0.338 e. The summed E-state index contributed by atoms with van der Waals surface area (Å²) in [5.41, 5.74) is 1.72. The first-order valence-electron chi connectivity index (χ1n) is 9.09. The molecule has 4 rings (SSSR count). The van der Waals surface area contributed by atoms with Gasteiger partial charge in [-0.1, -0.05) is 11.6 Å². The zero-order chi connectivity index (χ0) is 21.3. The van der Waals surface area contributed by atoms with Gasteiger partial charge in [-0.05, 0) is 60.7 Å². The van der Waals surface area contributed by atoms with E-state index in [2.05, 4.69) is 4.99 Å². The molecule has 0 aliphatic carbocycles. The van der Waals surface area contributed by atoms with Gasteiger partial charge in [-0.25, -0.2) is 9.79 Å². The molecule has 154 valence electrons. The van der Waals surface area contributed by atoms with Crippen LogP contribution >= 0.6 is 23.4 Å². The zero-order valence-corrected chi connectivity index (χ0v) is 17.7. The lowest BCUT2D eigenvalue weighted by molar-refractivity contribution is -0.121. The van der Waals surface area contributed by atoms with Crippen LogP contribution in [-0.2, 0) is 9.53 Å². The van der Waals surface area contributed by atoms with E-state index in [1.807, 2.05) is 0 Å². The number of esters is 1. The Labute approximate surface area is 182 Å². The van der Waals surface area contributed by atoms with E-state index < -0.39 is 0 Å². The number of nitrogens with zero attached hydrogens (tertiary/aromatic N) is 2. The minimum Gasteiger partial charge on any atom is -0.462 e. The minimum absolute atomic E-state index is 0.147. The molecule has 2 aromatic rings. The van der Waals surface area contributed by atoms with E-state index in [0.717, 1.165) is 0 Å². The van der Waals surface area contributed by atoms with E-state index >= 15 is 0 Å². The van der Waals surface area contributed by atoms with E-state index in [9.17, 15) is 9.59 Å². The van der Waals surface area contributed by atoms with Crippen molar-refractivity contribution in [3.05, 3.63) is 57.5 Å². The van der Waals surface area contributed by atoms with Crippen molar-refractivity contribution in [1.82, 2.24) is 4.90 Å². The third-order valence-corrected chi connectivity index (χ3v) is 5.77. The van der Waals surface area contributed by atoms with Crippen LogP contribution in [0, 0.1) is 0 Å². The lowest BCUT2D eigenvalue weighted by Gasteiger charge is -2.07. The quantitative estimate of drug-likeness (QED) is 0.511. The van der Waals surface area contributed by atoms with Gasteiger partial charge in [-0.3, -0.25) is 9.69 Å². The molecule has 0 spiro atoms. The molecule has 2 aliphatic rings. The summed E-state index contributed by atoms with van der Waals surface area (Å²) in [6, 6.07) is 10.1. The van der Waals surface area contributed by atoms with E-state index in [4.69, 9.17) is 25.8 Å². The number of carbonyl (C=O) groups excluding carboxylic acids is 2. The minimum atomic E-state index is -0.384. The standard InChI is InChI=1S/C21H17ClN2O5S/c1-3-27-20(26)12-4-6-14(7-5-12)23-21-24(2)19(25)18(30-21)9-13-8-16-17(10-15(13)22)29-11-28-16/h4-10H,3,11H2,1-2H3. The Morgan fingerprint density at radius 2 is 1.97 bits per heavy atom. The molecule has 0 radical (unpaired) electrons. The fourth-order valence-corrected chi connectivity index (χ4v) is 4.02. The third-order valence-electron chi connectivity index (χ3n) is 4.39. The topological polar surface area (TPSA) is 77.4 Å². The number of halogens is 1. The number of benzene rings is 2. The molecule has 2 aromatic carbocycles. The molecule has 1 fully saturated rings. The van der Waals surface area contributed by atoms with Crippen molar-refractivity contribution in [3.63, 3.8) is 0 Å². The van der Waals surface area contributed by atoms with E-state index in [1.54, 1.807) is 56.4 Å². The van der Waals surface area contributed by atoms with Gasteiger partial charge in [0.15, 0.2) is 16.7 Å². The van der Waals surface area contributed by atoms with Crippen LogP contribution in [0.1, 0.15) is 22.8 Å². The monoisotopic (exact) mass is 444 g/mol. The summed E-state index contributed by atoms with van der Waals surface area (Å²) in [6.07, 6.45) is 1.71. The second kappa shape index (κ2) is 8.41. The molecule has 7 nitrogen and oxygen atoms in total. The first kappa shape index (κ1) is 20.3.